The highest BCUT2D eigenvalue weighted by molar-refractivity contribution is 4.98. The van der Waals surface area contributed by atoms with Crippen LogP contribution in [0.3, 0.4) is 0 Å². The Bertz CT molecular complexity index is 2380. The Kier molecular flexibility index (Phi) is 42.5. The molecule has 34 aliphatic rings. The highest BCUT2D eigenvalue weighted by Crippen LogP contribution is 2.60. The van der Waals surface area contributed by atoms with E-state index in [-0.39, 0.29) is 0 Å². The molecule has 0 saturated heterocycles. The molecular weight excluding hydrogens is 1450 g/mol. The van der Waals surface area contributed by atoms with Crippen LogP contribution in [0, 0.1) is 115 Å². The maximum Gasteiger partial charge on any atom is -0.0297 e. The SMILES string of the molecule is C1CC2CC(C1)C2.C1CC2CC1C2.C1CC2CCC(C1)CC2.C1CC2CCC1C2.C1CC2CCC1CC2.C1CCC1.C1CCC2(C1)CC2.C1CCC2(C1)CCC2.C1CCC2(C1)CCCC2.C1CCC2(CC1)CC2.C1CCC2(CC1)CCC2.C1CCC2(CC1)CCCC2.C1CCC2CC(C1)C2.C1CCC2CCCCC2C1.C1CCCC1.C1CCCCC1. The summed E-state index contributed by atoms with van der Waals surface area (Å²) in [6.45, 7) is 0. The van der Waals surface area contributed by atoms with Crippen molar-refractivity contribution in [2.45, 2.75) is 649 Å². The average molecular weight is 1670 g/mol. The minimum Gasteiger partial charge on any atom is -0.0533 e. The third-order valence-corrected chi connectivity index (χ3v) is 42.5. The molecule has 34 fully saturated rings. The largest absolute Gasteiger partial charge is 0.0533 e. The van der Waals surface area contributed by atoms with E-state index in [2.05, 4.69) is 0 Å². The molecule has 0 heterocycles. The Labute approximate surface area is 758 Å². The van der Waals surface area contributed by atoms with Crippen molar-refractivity contribution in [3.05, 3.63) is 0 Å². The molecule has 121 heavy (non-hydrogen) atoms. The van der Waals surface area contributed by atoms with E-state index in [0.29, 0.717) is 0 Å². The summed E-state index contributed by atoms with van der Waals surface area (Å²) in [6.07, 6.45) is 156. The van der Waals surface area contributed by atoms with Gasteiger partial charge >= 0.3 is 0 Å². The highest BCUT2D eigenvalue weighted by atomic mass is 14.5. The minimum absolute atomic E-state index is 0.873. The molecule has 0 unspecified atom stereocenters. The smallest absolute Gasteiger partial charge is 0.0297 e. The molecule has 0 aromatic carbocycles. The number of hydrogen-bond acceptors (Lipinski definition) is 0. The zero-order valence-corrected chi connectivity index (χ0v) is 82.5. The molecular formula is C121H216. The third kappa shape index (κ3) is 34.2. The minimum atomic E-state index is 0.873. The fourth-order valence-corrected chi connectivity index (χ4v) is 32.3. The quantitative estimate of drug-likeness (QED) is 0.227. The van der Waals surface area contributed by atoms with Crippen LogP contribution in [0.4, 0.5) is 0 Å². The molecule has 0 aliphatic heterocycles. The van der Waals surface area contributed by atoms with Crippen LogP contribution < -0.4 is 0 Å². The van der Waals surface area contributed by atoms with E-state index in [4.69, 9.17) is 0 Å². The molecule has 34 saturated carbocycles. The first-order valence-electron chi connectivity index (χ1n) is 59.6. The molecule has 12 bridgehead atoms. The van der Waals surface area contributed by atoms with Gasteiger partial charge in [-0.1, -0.05) is 449 Å². The Morgan fingerprint density at radius 2 is 0.215 bits per heavy atom. The molecule has 700 valence electrons. The van der Waals surface area contributed by atoms with E-state index < -0.39 is 0 Å². The van der Waals surface area contributed by atoms with E-state index in [1.807, 2.05) is 0 Å². The molecule has 34 aliphatic carbocycles. The molecule has 0 heteroatoms. The zero-order chi connectivity index (χ0) is 82.5. The second-order valence-corrected chi connectivity index (χ2v) is 51.6. The lowest BCUT2D eigenvalue weighted by Gasteiger charge is -2.45. The van der Waals surface area contributed by atoms with Gasteiger partial charge in [-0.3, -0.25) is 0 Å². The molecule has 6 spiro atoms. The molecule has 0 aromatic rings. The van der Waals surface area contributed by atoms with Gasteiger partial charge in [0.2, 0.25) is 0 Å². The Hall–Kier alpha value is 0. The van der Waals surface area contributed by atoms with Gasteiger partial charge in [0, 0.05) is 0 Å². The molecule has 0 atom stereocenters. The van der Waals surface area contributed by atoms with Crippen molar-refractivity contribution < 1.29 is 0 Å². The summed E-state index contributed by atoms with van der Waals surface area (Å²) in [6, 6.07) is 0. The van der Waals surface area contributed by atoms with E-state index in [1.54, 1.807) is 366 Å². The first kappa shape index (κ1) is 97.0. The van der Waals surface area contributed by atoms with Crippen LogP contribution in [0.2, 0.25) is 0 Å². The Morgan fingerprint density at radius 1 is 0.0826 bits per heavy atom. The first-order chi connectivity index (χ1) is 59.6. The van der Waals surface area contributed by atoms with E-state index in [1.165, 1.54) is 330 Å². The molecule has 0 radical (unpaired) electrons. The summed E-state index contributed by atoms with van der Waals surface area (Å²) in [5.74, 6) is 16.3. The predicted octanol–water partition coefficient (Wildman–Crippen LogP) is 41.1. The standard InChI is InChI=1S/2C10H18.3C9H16.4C8H14.3C7H12.C6H10.C6H12.C5H10.C4H8/c1-2-6-10-8-4-3-7-9(10)5-1;1-2-6-10(7-3-1)8-4-5-9-10;1-2-6-9(5-1)7-3-4-8-9;1-2-8-4-6-9(3-1)7-5-8;1-2-5-9(6-3-1)7-4-8-9;1-2-8-5-3-7(1)4-6-8;1-2-5-8(4-1)6-3-7-8;1-2-4-8-5-7(3-1)6-8;1-2-4-8(5-3-1)6-7-8;1-2-7-4-3-6(1)5-7;1-2-6-4-7(3-1)5-6;1-2-4-7(3-1)5-6-7;1-2-6-3-5(1)4-6;1-2-4-6-5-3-1;1-2-4-5-3-1;1-2-4-3-1/h9-10H,1-8H2;1-9H2;1-8H2;8-9H,1-7H2;1-8H2;7-8H,1-6H2;1-7H2;7-8H,1-6H2;1-7H2;2*6-7H,1-5H2;1-6H2;5-6H,1-4H2;1-6H2;1-5H2;1-4H2. The van der Waals surface area contributed by atoms with Crippen molar-refractivity contribution in [3.8, 4) is 0 Å². The van der Waals surface area contributed by atoms with Gasteiger partial charge in [-0.25, -0.2) is 0 Å². The van der Waals surface area contributed by atoms with Gasteiger partial charge in [-0.05, 0) is 314 Å². The Morgan fingerprint density at radius 3 is 0.380 bits per heavy atom. The predicted molar refractivity (Wildman–Crippen MR) is 530 cm³/mol. The van der Waals surface area contributed by atoms with Gasteiger partial charge in [-0.2, -0.15) is 0 Å². The number of fused-ring (bicyclic) bond motifs is 16. The highest BCUT2D eigenvalue weighted by Gasteiger charge is 2.46. The summed E-state index contributed by atoms with van der Waals surface area (Å²) < 4.78 is 0. The van der Waals surface area contributed by atoms with Crippen molar-refractivity contribution >= 4 is 0 Å². The van der Waals surface area contributed by atoms with Crippen molar-refractivity contribution in [1.82, 2.24) is 0 Å². The lowest BCUT2D eigenvalue weighted by molar-refractivity contribution is 0.0775. The normalized spacial score (nSPS) is 37.3. The fourth-order valence-electron chi connectivity index (χ4n) is 32.3. The van der Waals surface area contributed by atoms with Crippen molar-refractivity contribution in [2.24, 2.45) is 115 Å². The topological polar surface area (TPSA) is 0 Å². The number of rotatable bonds is 0. The summed E-state index contributed by atoms with van der Waals surface area (Å²) in [5.41, 5.74) is 5.45. The lowest BCUT2D eigenvalue weighted by atomic mass is 9.61. The van der Waals surface area contributed by atoms with Crippen molar-refractivity contribution in [2.75, 3.05) is 0 Å². The molecule has 0 amide bonds. The van der Waals surface area contributed by atoms with Crippen LogP contribution in [0.1, 0.15) is 649 Å². The van der Waals surface area contributed by atoms with Gasteiger partial charge in [0.25, 0.3) is 0 Å². The van der Waals surface area contributed by atoms with Gasteiger partial charge in [0.15, 0.2) is 0 Å². The van der Waals surface area contributed by atoms with Crippen LogP contribution in [-0.2, 0) is 0 Å². The number of hydrogen-bond donors (Lipinski definition) is 0. The Balaban J connectivity index is 0.000000106. The van der Waals surface area contributed by atoms with Gasteiger partial charge in [0.1, 0.15) is 0 Å². The third-order valence-electron chi connectivity index (χ3n) is 42.5. The monoisotopic (exact) mass is 1670 g/mol. The molecule has 0 N–H and O–H groups in total. The second kappa shape index (κ2) is 53.0. The molecule has 0 nitrogen and oxygen atoms in total. The van der Waals surface area contributed by atoms with Crippen LogP contribution >= 0.6 is 0 Å². The first-order valence-corrected chi connectivity index (χ1v) is 59.6. The van der Waals surface area contributed by atoms with E-state index in [9.17, 15) is 0 Å². The molecule has 0 aromatic heterocycles. The summed E-state index contributed by atoms with van der Waals surface area (Å²) in [7, 11) is 0. The zero-order valence-electron chi connectivity index (χ0n) is 82.5. The maximum absolute atomic E-state index is 1.58. The van der Waals surface area contributed by atoms with Crippen LogP contribution in [0.25, 0.3) is 0 Å². The van der Waals surface area contributed by atoms with Crippen molar-refractivity contribution in [1.29, 1.82) is 0 Å². The summed E-state index contributed by atoms with van der Waals surface area (Å²) in [5, 5.41) is 0. The van der Waals surface area contributed by atoms with Crippen molar-refractivity contribution in [3.63, 3.8) is 0 Å². The second-order valence-electron chi connectivity index (χ2n) is 51.6. The van der Waals surface area contributed by atoms with Crippen LogP contribution in [0.15, 0.2) is 0 Å². The maximum atomic E-state index is 1.58. The van der Waals surface area contributed by atoms with E-state index >= 15 is 0 Å². The van der Waals surface area contributed by atoms with Gasteiger partial charge in [0.05, 0.1) is 0 Å². The lowest BCUT2D eigenvalue weighted by Crippen LogP contribution is -2.31. The average Bonchev–Trinajstić information content (AvgIpc) is 1.63. The van der Waals surface area contributed by atoms with Crippen LogP contribution in [-0.4, -0.2) is 0 Å². The fraction of sp³-hybridized carbons (Fsp3) is 1.00. The van der Waals surface area contributed by atoms with Crippen LogP contribution in [0.5, 0.6) is 0 Å². The van der Waals surface area contributed by atoms with Gasteiger partial charge < -0.3 is 0 Å². The summed E-state index contributed by atoms with van der Waals surface area (Å²) >= 11 is 0. The summed E-state index contributed by atoms with van der Waals surface area (Å²) in [4.78, 5) is 0. The van der Waals surface area contributed by atoms with E-state index in [0.717, 1.165) is 68.0 Å². The molecule has 34 rings (SSSR count). The van der Waals surface area contributed by atoms with Gasteiger partial charge in [-0.15, -0.1) is 0 Å².